The third-order valence-electron chi connectivity index (χ3n) is 5.35. The highest BCUT2D eigenvalue weighted by Gasteiger charge is 2.32. The van der Waals surface area contributed by atoms with Crippen molar-refractivity contribution >= 4 is 34.7 Å². The van der Waals surface area contributed by atoms with Gasteiger partial charge in [-0.1, -0.05) is 41.9 Å². The molecule has 3 aromatic rings. The number of carbonyl (C=O) groups excluding carboxylic acids is 2. The summed E-state index contributed by atoms with van der Waals surface area (Å²) in [5.41, 5.74) is 1.98. The first-order chi connectivity index (χ1) is 15.9. The fraction of sp³-hybridized carbons (Fsp3) is 0.375. The zero-order valence-electron chi connectivity index (χ0n) is 18.7. The van der Waals surface area contributed by atoms with Crippen LogP contribution in [0.1, 0.15) is 37.1 Å². The van der Waals surface area contributed by atoms with Crippen LogP contribution in [0.25, 0.3) is 10.9 Å². The molecule has 1 aromatic heterocycles. The van der Waals surface area contributed by atoms with E-state index in [1.165, 1.54) is 6.07 Å². The minimum Gasteiger partial charge on any atom is -0.387 e. The normalized spacial score (nSPS) is 13.8. The number of para-hydroxylation sites is 1. The highest BCUT2D eigenvalue weighted by Crippen LogP contribution is 2.28. The number of aliphatic hydroxyl groups excluding tert-OH is 1. The summed E-state index contributed by atoms with van der Waals surface area (Å²) < 4.78 is 14.6. The van der Waals surface area contributed by atoms with Crippen molar-refractivity contribution in [1.29, 1.82) is 0 Å². The van der Waals surface area contributed by atoms with Gasteiger partial charge < -0.3 is 20.1 Å². The number of hydrogen-bond donors (Lipinski definition) is 2. The quantitative estimate of drug-likeness (QED) is 0.488. The number of aldehydes is 1. The molecule has 1 atom stereocenters. The first kappa shape index (κ1) is 24.8. The van der Waals surface area contributed by atoms with Crippen molar-refractivity contribution < 1.29 is 19.1 Å². The number of carbonyl (C=O) groups is 2. The molecule has 4 rings (SSSR count). The number of amides is 1. The minimum atomic E-state index is -0.698. The van der Waals surface area contributed by atoms with Crippen LogP contribution in [-0.2, 0) is 22.7 Å². The SMILES string of the molecule is CC(O)c1nn(CC(=O)N(CC=O)C2CC2)c2ccccc12.CNCc1cccc(Cl)c1F. The van der Waals surface area contributed by atoms with Crippen LogP contribution in [0.15, 0.2) is 42.5 Å². The molecule has 1 amide bonds. The first-order valence-corrected chi connectivity index (χ1v) is 11.2. The molecule has 1 saturated carbocycles. The molecular weight excluding hydrogens is 447 g/mol. The molecule has 0 bridgehead atoms. The topological polar surface area (TPSA) is 87.5 Å². The Morgan fingerprint density at radius 2 is 2.06 bits per heavy atom. The molecule has 7 nitrogen and oxygen atoms in total. The summed E-state index contributed by atoms with van der Waals surface area (Å²) in [6.07, 6.45) is 1.98. The Morgan fingerprint density at radius 3 is 2.70 bits per heavy atom. The molecule has 0 saturated heterocycles. The largest absolute Gasteiger partial charge is 0.387 e. The van der Waals surface area contributed by atoms with Gasteiger partial charge in [-0.15, -0.1) is 0 Å². The second-order valence-electron chi connectivity index (χ2n) is 7.92. The van der Waals surface area contributed by atoms with E-state index < -0.39 is 6.10 Å². The summed E-state index contributed by atoms with van der Waals surface area (Å²) in [6, 6.07) is 12.7. The van der Waals surface area contributed by atoms with Crippen LogP contribution in [0.4, 0.5) is 4.39 Å². The van der Waals surface area contributed by atoms with Gasteiger partial charge in [-0.2, -0.15) is 5.10 Å². The van der Waals surface area contributed by atoms with E-state index >= 15 is 0 Å². The molecule has 0 spiro atoms. The molecule has 33 heavy (non-hydrogen) atoms. The lowest BCUT2D eigenvalue weighted by Crippen LogP contribution is -2.37. The van der Waals surface area contributed by atoms with Crippen molar-refractivity contribution in [1.82, 2.24) is 20.0 Å². The van der Waals surface area contributed by atoms with Gasteiger partial charge in [-0.05, 0) is 38.9 Å². The predicted molar refractivity (Wildman–Crippen MR) is 125 cm³/mol. The molecule has 1 aliphatic carbocycles. The van der Waals surface area contributed by atoms with E-state index in [1.54, 1.807) is 35.7 Å². The van der Waals surface area contributed by atoms with Gasteiger partial charge in [0.05, 0.1) is 28.9 Å². The number of rotatable bonds is 8. The Hall–Kier alpha value is -2.81. The fourth-order valence-corrected chi connectivity index (χ4v) is 3.79. The van der Waals surface area contributed by atoms with E-state index in [9.17, 15) is 19.1 Å². The van der Waals surface area contributed by atoms with E-state index in [4.69, 9.17) is 11.6 Å². The first-order valence-electron chi connectivity index (χ1n) is 10.8. The number of aromatic nitrogens is 2. The van der Waals surface area contributed by atoms with E-state index in [-0.39, 0.29) is 35.9 Å². The van der Waals surface area contributed by atoms with Crippen LogP contribution < -0.4 is 5.32 Å². The zero-order chi connectivity index (χ0) is 24.0. The maximum Gasteiger partial charge on any atom is 0.244 e. The standard InChI is InChI=1S/C16H19N3O3.C8H9ClFN/c1-11(21)16-13-4-2-3-5-14(13)19(17-16)10-15(22)18(8-9-20)12-6-7-12;1-11-5-6-3-2-4-7(9)8(6)10/h2-5,9,11-12,21H,6-8,10H2,1H3;2-4,11H,5H2,1H3. The predicted octanol–water partition coefficient (Wildman–Crippen LogP) is 3.48. The monoisotopic (exact) mass is 474 g/mol. The number of aliphatic hydroxyl groups is 1. The van der Waals surface area contributed by atoms with Crippen molar-refractivity contribution in [3.63, 3.8) is 0 Å². The molecule has 1 aliphatic rings. The second-order valence-corrected chi connectivity index (χ2v) is 8.33. The van der Waals surface area contributed by atoms with Gasteiger partial charge in [0.25, 0.3) is 0 Å². The summed E-state index contributed by atoms with van der Waals surface area (Å²) >= 11 is 5.55. The molecule has 0 radical (unpaired) electrons. The van der Waals surface area contributed by atoms with Gasteiger partial charge in [-0.3, -0.25) is 9.48 Å². The third kappa shape index (κ3) is 6.16. The van der Waals surface area contributed by atoms with Crippen LogP contribution in [-0.4, -0.2) is 51.6 Å². The molecular formula is C24H28ClFN4O3. The number of benzene rings is 2. The average Bonchev–Trinajstić information content (AvgIpc) is 3.57. The smallest absolute Gasteiger partial charge is 0.244 e. The summed E-state index contributed by atoms with van der Waals surface area (Å²) in [5.74, 6) is -0.441. The van der Waals surface area contributed by atoms with Crippen molar-refractivity contribution in [2.75, 3.05) is 13.6 Å². The number of fused-ring (bicyclic) bond motifs is 1. The third-order valence-corrected chi connectivity index (χ3v) is 5.64. The van der Waals surface area contributed by atoms with Gasteiger partial charge in [0.1, 0.15) is 18.6 Å². The summed E-state index contributed by atoms with van der Waals surface area (Å²) in [5, 5.41) is 18.1. The lowest BCUT2D eigenvalue weighted by Gasteiger charge is -2.19. The molecule has 176 valence electrons. The average molecular weight is 475 g/mol. The number of nitrogens with zero attached hydrogens (tertiary/aromatic N) is 3. The second kappa shape index (κ2) is 11.4. The van der Waals surface area contributed by atoms with Crippen LogP contribution in [0.3, 0.4) is 0 Å². The van der Waals surface area contributed by atoms with Gasteiger partial charge in [0.15, 0.2) is 0 Å². The number of halogens is 2. The van der Waals surface area contributed by atoms with E-state index in [0.717, 1.165) is 30.0 Å². The minimum absolute atomic E-state index is 0.0809. The molecule has 9 heteroatoms. The van der Waals surface area contributed by atoms with Crippen LogP contribution >= 0.6 is 11.6 Å². The Kier molecular flexibility index (Phi) is 8.55. The number of nitrogens with one attached hydrogen (secondary N) is 1. The molecule has 1 unspecified atom stereocenters. The molecule has 2 aromatic carbocycles. The molecule has 1 heterocycles. The van der Waals surface area contributed by atoms with Crippen molar-refractivity contribution in [2.45, 2.75) is 45.0 Å². The van der Waals surface area contributed by atoms with Gasteiger partial charge >= 0.3 is 0 Å². The highest BCUT2D eigenvalue weighted by molar-refractivity contribution is 6.30. The van der Waals surface area contributed by atoms with Gasteiger partial charge in [-0.25, -0.2) is 4.39 Å². The zero-order valence-corrected chi connectivity index (χ0v) is 19.4. The lowest BCUT2D eigenvalue weighted by molar-refractivity contribution is -0.134. The van der Waals surface area contributed by atoms with Gasteiger partial charge in [0, 0.05) is 23.5 Å². The fourth-order valence-electron chi connectivity index (χ4n) is 3.60. The van der Waals surface area contributed by atoms with Crippen molar-refractivity contribution in [2.24, 2.45) is 0 Å². The van der Waals surface area contributed by atoms with E-state index in [0.29, 0.717) is 17.8 Å². The van der Waals surface area contributed by atoms with E-state index in [1.807, 2.05) is 24.3 Å². The molecule has 1 fully saturated rings. The van der Waals surface area contributed by atoms with Crippen LogP contribution in [0.2, 0.25) is 5.02 Å². The lowest BCUT2D eigenvalue weighted by atomic mass is 10.1. The van der Waals surface area contributed by atoms with Crippen molar-refractivity contribution in [3.05, 3.63) is 64.6 Å². The summed E-state index contributed by atoms with van der Waals surface area (Å²) in [7, 11) is 1.76. The van der Waals surface area contributed by atoms with Crippen molar-refractivity contribution in [3.8, 4) is 0 Å². The Morgan fingerprint density at radius 1 is 1.33 bits per heavy atom. The van der Waals surface area contributed by atoms with Gasteiger partial charge in [0.2, 0.25) is 5.91 Å². The summed E-state index contributed by atoms with van der Waals surface area (Å²) in [6.45, 7) is 2.37. The molecule has 2 N–H and O–H groups in total. The van der Waals surface area contributed by atoms with Crippen LogP contribution in [0, 0.1) is 5.82 Å². The Labute approximate surface area is 197 Å². The van der Waals surface area contributed by atoms with Crippen LogP contribution in [0.5, 0.6) is 0 Å². The maximum atomic E-state index is 13.0. The highest BCUT2D eigenvalue weighted by atomic mass is 35.5. The molecule has 0 aliphatic heterocycles. The summed E-state index contributed by atoms with van der Waals surface area (Å²) in [4.78, 5) is 24.8. The number of hydrogen-bond acceptors (Lipinski definition) is 5. The Balaban J connectivity index is 0.000000235. The Bertz CT molecular complexity index is 1110. The van der Waals surface area contributed by atoms with E-state index in [2.05, 4.69) is 10.4 Å². The maximum absolute atomic E-state index is 13.0.